The summed E-state index contributed by atoms with van der Waals surface area (Å²) in [5.74, 6) is -0.760. The number of carbonyl (C=O) groups excluding carboxylic acids is 1. The third-order valence-corrected chi connectivity index (χ3v) is 23.6. The maximum absolute atomic E-state index is 15.2. The number of aliphatic hydroxyl groups is 15. The van der Waals surface area contributed by atoms with E-state index in [9.17, 15) is 76.6 Å². The number of carbonyl (C=O) groups is 1. The number of rotatable bonds is 14. The van der Waals surface area contributed by atoms with E-state index in [1.165, 1.54) is 13.8 Å². The highest BCUT2D eigenvalue weighted by Gasteiger charge is 2.73. The van der Waals surface area contributed by atoms with Gasteiger partial charge in [0.05, 0.1) is 50.2 Å². The van der Waals surface area contributed by atoms with Crippen molar-refractivity contribution in [1.29, 1.82) is 0 Å². The summed E-state index contributed by atoms with van der Waals surface area (Å²) >= 11 is 0. The van der Waals surface area contributed by atoms with Crippen LogP contribution in [0.3, 0.4) is 0 Å². The summed E-state index contributed by atoms with van der Waals surface area (Å²) in [4.78, 5) is 15.2. The van der Waals surface area contributed by atoms with E-state index in [-0.39, 0.29) is 59.0 Å². The second-order valence-electron chi connectivity index (χ2n) is 28.0. The van der Waals surface area contributed by atoms with E-state index in [0.29, 0.717) is 38.5 Å². The Morgan fingerprint density at radius 1 is 0.541 bits per heavy atom. The van der Waals surface area contributed by atoms with Crippen molar-refractivity contribution >= 4 is 5.97 Å². The van der Waals surface area contributed by atoms with Crippen LogP contribution in [0.1, 0.15) is 113 Å². The topological polar surface area (TPSA) is 413 Å². The highest BCUT2D eigenvalue weighted by Crippen LogP contribution is 2.78. The van der Waals surface area contributed by atoms with Crippen molar-refractivity contribution in [2.75, 3.05) is 26.4 Å². The molecule has 0 amide bonds. The molecular weight excluding hydrogens is 1120 g/mol. The largest absolute Gasteiger partial charge is 0.432 e. The molecule has 5 heterocycles. The third-order valence-electron chi connectivity index (χ3n) is 23.6. The van der Waals surface area contributed by atoms with Gasteiger partial charge < -0.3 is 124 Å². The van der Waals surface area contributed by atoms with Crippen molar-refractivity contribution in [3.63, 3.8) is 0 Å². The minimum Gasteiger partial charge on any atom is -0.432 e. The van der Waals surface area contributed by atoms with Gasteiger partial charge in [-0.05, 0) is 131 Å². The van der Waals surface area contributed by atoms with Crippen LogP contribution in [0.2, 0.25) is 0 Å². The SMILES string of the molecule is C=C(C)[C@@H]1CC[C@]2(C(=O)OC3OC(COC4O[C@H](CO)[C@@H](O[C@@H]5O[C@@H](C)[C@H](O)[C@@H](O)[C@H]5O)[C@H](O)[C@H]4O)[C@@H](O)[C@H](O)[C@H]3O)CC[C@]3(C)[C@H](CC[C@@H]4[C@@]5(C)CC[C@H](O[C@@H]6OC[C@H](O)[C@H](O)[C@H]6O[C@@H]6O[C@@H](C)[C@H](O)[C@@H](O)[C@H]6O)[C@@](C)(CO)C5CC[C@]43C)[C@@H]12. The van der Waals surface area contributed by atoms with Crippen molar-refractivity contribution in [3.05, 3.63) is 12.2 Å². The Hall–Kier alpha value is -1.75. The number of hydrogen-bond acceptors (Lipinski definition) is 26. The van der Waals surface area contributed by atoms with Crippen LogP contribution < -0.4 is 0 Å². The van der Waals surface area contributed by atoms with Crippen LogP contribution in [-0.2, 0) is 52.2 Å². The highest BCUT2D eigenvalue weighted by atomic mass is 16.8. The summed E-state index contributed by atoms with van der Waals surface area (Å²) in [5.41, 5.74) is -1.80. The lowest BCUT2D eigenvalue weighted by molar-refractivity contribution is -0.366. The van der Waals surface area contributed by atoms with Gasteiger partial charge in [0.15, 0.2) is 25.2 Å². The van der Waals surface area contributed by atoms with Gasteiger partial charge in [-0.15, -0.1) is 0 Å². The van der Waals surface area contributed by atoms with Gasteiger partial charge in [0.25, 0.3) is 0 Å². The van der Waals surface area contributed by atoms with Crippen molar-refractivity contribution in [1.82, 2.24) is 0 Å². The first-order valence-electron chi connectivity index (χ1n) is 30.7. The maximum Gasteiger partial charge on any atom is 0.314 e. The quantitative estimate of drug-likeness (QED) is 0.0478. The summed E-state index contributed by atoms with van der Waals surface area (Å²) in [6.45, 7) is 16.5. The zero-order valence-electron chi connectivity index (χ0n) is 49.6. The number of hydrogen-bond donors (Lipinski definition) is 15. The Morgan fingerprint density at radius 2 is 1.13 bits per heavy atom. The van der Waals surface area contributed by atoms with Gasteiger partial charge in [0, 0.05) is 5.41 Å². The average molecular weight is 1220 g/mol. The van der Waals surface area contributed by atoms with E-state index in [0.717, 1.165) is 31.3 Å². The summed E-state index contributed by atoms with van der Waals surface area (Å²) < 4.78 is 59.5. The average Bonchev–Trinajstić information content (AvgIpc) is 1.62. The summed E-state index contributed by atoms with van der Waals surface area (Å²) in [7, 11) is 0. The Bertz CT molecular complexity index is 2340. The Morgan fingerprint density at radius 3 is 1.74 bits per heavy atom. The van der Waals surface area contributed by atoms with Gasteiger partial charge in [-0.1, -0.05) is 39.8 Å². The van der Waals surface area contributed by atoms with Gasteiger partial charge in [-0.2, -0.15) is 0 Å². The number of ether oxygens (including phenoxy) is 10. The Kier molecular flexibility index (Phi) is 19.2. The first kappa shape index (κ1) is 66.2. The number of allylic oxidation sites excluding steroid dienone is 1. The third kappa shape index (κ3) is 10.9. The van der Waals surface area contributed by atoms with E-state index >= 15 is 4.79 Å². The second-order valence-corrected chi connectivity index (χ2v) is 28.0. The minimum absolute atomic E-state index is 0.0172. The van der Waals surface area contributed by atoms with Crippen molar-refractivity contribution in [3.8, 4) is 0 Å². The lowest BCUT2D eigenvalue weighted by atomic mass is 9.32. The molecule has 26 nitrogen and oxygen atoms in total. The first-order valence-corrected chi connectivity index (χ1v) is 30.7. The monoisotopic (exact) mass is 1220 g/mol. The smallest absolute Gasteiger partial charge is 0.314 e. The lowest BCUT2D eigenvalue weighted by Crippen LogP contribution is -2.68. The van der Waals surface area contributed by atoms with Gasteiger partial charge in [0.2, 0.25) is 6.29 Å². The van der Waals surface area contributed by atoms with Crippen molar-refractivity contribution in [2.45, 2.75) is 266 Å². The molecule has 10 rings (SSSR count). The molecule has 26 heteroatoms. The normalized spacial score (nSPS) is 56.3. The lowest BCUT2D eigenvalue weighted by Gasteiger charge is -2.73. The van der Waals surface area contributed by atoms with Gasteiger partial charge >= 0.3 is 5.97 Å². The molecule has 10 fully saturated rings. The van der Waals surface area contributed by atoms with Crippen LogP contribution in [0.15, 0.2) is 12.2 Å². The first-order chi connectivity index (χ1) is 39.9. The fourth-order valence-corrected chi connectivity index (χ4v) is 18.4. The summed E-state index contributed by atoms with van der Waals surface area (Å²) in [6.07, 6.45) is -31.6. The fourth-order valence-electron chi connectivity index (χ4n) is 18.4. The van der Waals surface area contributed by atoms with Crippen LogP contribution in [0.5, 0.6) is 0 Å². The molecule has 85 heavy (non-hydrogen) atoms. The standard InChI is InChI=1S/C59H96O26/c1-23(2)26-11-16-59(54(75)85-52-45(73)41(69)38(66)30(81-52)21-77-49-46(74)42(70)47(29(19-60)80-49)83-50-43(71)39(67)35(63)24(3)78-50)18-17-57(7)27(34(26)59)9-10-32-55(5)14-13-33(56(6,22-61)31(55)12-15-58(32,57)8)82-53-48(37(65)28(62)20-76-53)84-51-44(72)40(68)36(64)25(4)79-51/h24-53,60-74H,1,9-22H2,2-8H3/t24-,25-,26-,27+,28-,29+,30?,31?,32+,33-,34+,35-,36-,37-,38+,39+,40+,41-,42+,43+,44+,45+,46+,47+,48+,49?,50-,51-,52?,53-,55-,56-,57+,58+,59-/m0/s1. The molecule has 5 saturated heterocycles. The van der Waals surface area contributed by atoms with E-state index in [4.69, 9.17) is 47.4 Å². The molecule has 15 N–H and O–H groups in total. The zero-order valence-corrected chi connectivity index (χ0v) is 49.6. The molecule has 5 aliphatic heterocycles. The van der Waals surface area contributed by atoms with Crippen LogP contribution in [-0.4, -0.2) is 263 Å². The van der Waals surface area contributed by atoms with E-state index < -0.39 is 184 Å². The minimum atomic E-state index is -1.90. The van der Waals surface area contributed by atoms with Crippen molar-refractivity contribution < 1.29 is 129 Å². The fraction of sp³-hybridized carbons (Fsp3) is 0.949. The molecular formula is C59H96O26. The van der Waals surface area contributed by atoms with Crippen LogP contribution >= 0.6 is 0 Å². The number of fused-ring (bicyclic) bond motifs is 7. The van der Waals surface area contributed by atoms with Gasteiger partial charge in [-0.25, -0.2) is 0 Å². The van der Waals surface area contributed by atoms with E-state index in [1.54, 1.807) is 0 Å². The molecule has 35 atom stereocenters. The highest BCUT2D eigenvalue weighted by molar-refractivity contribution is 5.78. The summed E-state index contributed by atoms with van der Waals surface area (Å²) in [6, 6.07) is 0. The molecule has 0 radical (unpaired) electrons. The van der Waals surface area contributed by atoms with Crippen LogP contribution in [0.25, 0.3) is 0 Å². The zero-order chi connectivity index (χ0) is 61.9. The van der Waals surface area contributed by atoms with E-state index in [2.05, 4.69) is 27.4 Å². The van der Waals surface area contributed by atoms with Crippen LogP contribution in [0.4, 0.5) is 0 Å². The summed E-state index contributed by atoms with van der Waals surface area (Å²) in [5, 5.41) is 163. The molecule has 0 aromatic rings. The predicted molar refractivity (Wildman–Crippen MR) is 288 cm³/mol. The second kappa shape index (κ2) is 24.7. The molecule has 0 aromatic carbocycles. The predicted octanol–water partition coefficient (Wildman–Crippen LogP) is -2.69. The number of aliphatic hydroxyl groups excluding tert-OH is 15. The maximum atomic E-state index is 15.2. The van der Waals surface area contributed by atoms with Gasteiger partial charge in [-0.3, -0.25) is 4.79 Å². The van der Waals surface area contributed by atoms with Gasteiger partial charge in [0.1, 0.15) is 104 Å². The Balaban J connectivity index is 0.820. The molecule has 4 unspecified atom stereocenters. The molecule has 488 valence electrons. The Labute approximate surface area is 494 Å². The molecule has 5 saturated carbocycles. The molecule has 5 aliphatic carbocycles. The molecule has 10 aliphatic rings. The molecule has 0 bridgehead atoms. The number of esters is 1. The van der Waals surface area contributed by atoms with Crippen molar-refractivity contribution in [2.24, 2.45) is 56.7 Å². The van der Waals surface area contributed by atoms with E-state index in [1.807, 2.05) is 13.8 Å². The van der Waals surface area contributed by atoms with Crippen LogP contribution in [0, 0.1) is 56.7 Å². The molecule has 0 spiro atoms. The molecule has 0 aromatic heterocycles.